The lowest BCUT2D eigenvalue weighted by atomic mass is 10.2. The van der Waals surface area contributed by atoms with Gasteiger partial charge in [-0.3, -0.25) is 10.1 Å². The molecule has 0 saturated heterocycles. The van der Waals surface area contributed by atoms with Crippen molar-refractivity contribution >= 4 is 25.4 Å². The molecule has 0 fully saturated rings. The second kappa shape index (κ2) is 4.15. The van der Waals surface area contributed by atoms with E-state index in [1.165, 1.54) is 0 Å². The molecule has 10 heteroatoms. The SMILES string of the molecule is O=[N+]([O-])c1ccc(C(F)(F)F)c(S(=O)(=O)Cl)c1. The first-order valence-corrected chi connectivity index (χ1v) is 6.14. The maximum absolute atomic E-state index is 12.4. The molecule has 0 aliphatic heterocycles. The molecule has 17 heavy (non-hydrogen) atoms. The molecule has 5 nitrogen and oxygen atoms in total. The number of non-ortho nitro benzene ring substituents is 1. The van der Waals surface area contributed by atoms with Crippen molar-refractivity contribution in [3.63, 3.8) is 0 Å². The number of nitrogens with zero attached hydrogens (tertiary/aromatic N) is 1. The van der Waals surface area contributed by atoms with Crippen LogP contribution in [0.2, 0.25) is 0 Å². The maximum Gasteiger partial charge on any atom is 0.417 e. The van der Waals surface area contributed by atoms with Crippen LogP contribution in [0.25, 0.3) is 0 Å². The molecule has 0 saturated carbocycles. The molecule has 0 N–H and O–H groups in total. The highest BCUT2D eigenvalue weighted by Crippen LogP contribution is 2.37. The van der Waals surface area contributed by atoms with Crippen LogP contribution in [-0.4, -0.2) is 13.3 Å². The smallest absolute Gasteiger partial charge is 0.258 e. The predicted octanol–water partition coefficient (Wildman–Crippen LogP) is 2.54. The van der Waals surface area contributed by atoms with Crippen molar-refractivity contribution in [1.82, 2.24) is 0 Å². The molecule has 0 amide bonds. The summed E-state index contributed by atoms with van der Waals surface area (Å²) in [4.78, 5) is 7.97. The van der Waals surface area contributed by atoms with Gasteiger partial charge >= 0.3 is 6.18 Å². The van der Waals surface area contributed by atoms with Gasteiger partial charge in [0.2, 0.25) is 0 Å². The molecule has 0 heterocycles. The predicted molar refractivity (Wildman–Crippen MR) is 51.1 cm³/mol. The lowest BCUT2D eigenvalue weighted by molar-refractivity contribution is -0.385. The van der Waals surface area contributed by atoms with E-state index in [1.54, 1.807) is 0 Å². The Morgan fingerprint density at radius 2 is 1.82 bits per heavy atom. The Hall–Kier alpha value is -1.35. The Labute approximate surface area is 97.4 Å². The van der Waals surface area contributed by atoms with Crippen molar-refractivity contribution in [3.8, 4) is 0 Å². The average Bonchev–Trinajstić information content (AvgIpc) is 2.14. The van der Waals surface area contributed by atoms with Crippen LogP contribution in [0.4, 0.5) is 18.9 Å². The van der Waals surface area contributed by atoms with Gasteiger partial charge in [-0.15, -0.1) is 0 Å². The Bertz CT molecular complexity index is 569. The van der Waals surface area contributed by atoms with Gasteiger partial charge in [0.25, 0.3) is 14.7 Å². The average molecular weight is 290 g/mol. The summed E-state index contributed by atoms with van der Waals surface area (Å²) in [6, 6.07) is 1.12. The summed E-state index contributed by atoms with van der Waals surface area (Å²) in [5.41, 5.74) is -2.34. The fourth-order valence-corrected chi connectivity index (χ4v) is 2.15. The number of nitro groups is 1. The van der Waals surface area contributed by atoms with E-state index < -0.39 is 36.3 Å². The van der Waals surface area contributed by atoms with Crippen LogP contribution in [0.5, 0.6) is 0 Å². The first-order valence-electron chi connectivity index (χ1n) is 3.84. The zero-order valence-corrected chi connectivity index (χ0v) is 9.30. The van der Waals surface area contributed by atoms with Crippen molar-refractivity contribution in [2.24, 2.45) is 0 Å². The van der Waals surface area contributed by atoms with Gasteiger partial charge in [0.1, 0.15) is 4.90 Å². The van der Waals surface area contributed by atoms with Crippen molar-refractivity contribution in [3.05, 3.63) is 33.9 Å². The fourth-order valence-electron chi connectivity index (χ4n) is 1.06. The van der Waals surface area contributed by atoms with Crippen LogP contribution < -0.4 is 0 Å². The van der Waals surface area contributed by atoms with Crippen LogP contribution in [0.1, 0.15) is 5.56 Å². The molecule has 0 aliphatic carbocycles. The molecule has 94 valence electrons. The number of hydrogen-bond acceptors (Lipinski definition) is 4. The van der Waals surface area contributed by atoms with Gasteiger partial charge in [0.05, 0.1) is 10.5 Å². The highest BCUT2D eigenvalue weighted by Gasteiger charge is 2.37. The Balaban J connectivity index is 3.60. The largest absolute Gasteiger partial charge is 0.417 e. The number of benzene rings is 1. The fraction of sp³-hybridized carbons (Fsp3) is 0.143. The van der Waals surface area contributed by atoms with E-state index in [0.717, 1.165) is 0 Å². The van der Waals surface area contributed by atoms with Gasteiger partial charge in [0.15, 0.2) is 0 Å². The molecule has 1 aromatic carbocycles. The van der Waals surface area contributed by atoms with Crippen molar-refractivity contribution in [2.45, 2.75) is 11.1 Å². The molecule has 0 spiro atoms. The number of halogens is 4. The summed E-state index contributed by atoms with van der Waals surface area (Å²) in [5.74, 6) is 0. The molecule has 0 aliphatic rings. The van der Waals surface area contributed by atoms with Crippen LogP contribution in [0.3, 0.4) is 0 Å². The van der Waals surface area contributed by atoms with E-state index in [1.807, 2.05) is 0 Å². The van der Waals surface area contributed by atoms with E-state index >= 15 is 0 Å². The third-order valence-electron chi connectivity index (χ3n) is 1.74. The summed E-state index contributed by atoms with van der Waals surface area (Å²) in [6.45, 7) is 0. The second-order valence-electron chi connectivity index (χ2n) is 2.87. The van der Waals surface area contributed by atoms with Gasteiger partial charge < -0.3 is 0 Å². The highest BCUT2D eigenvalue weighted by atomic mass is 35.7. The molecule has 0 atom stereocenters. The highest BCUT2D eigenvalue weighted by molar-refractivity contribution is 8.13. The van der Waals surface area contributed by atoms with E-state index in [-0.39, 0.29) is 6.07 Å². The van der Waals surface area contributed by atoms with E-state index in [0.29, 0.717) is 12.1 Å². The van der Waals surface area contributed by atoms with Gasteiger partial charge in [-0.05, 0) is 6.07 Å². The second-order valence-corrected chi connectivity index (χ2v) is 5.41. The van der Waals surface area contributed by atoms with Crippen molar-refractivity contribution in [1.29, 1.82) is 0 Å². The number of hydrogen-bond donors (Lipinski definition) is 0. The van der Waals surface area contributed by atoms with Crippen LogP contribution in [0, 0.1) is 10.1 Å². The lowest BCUT2D eigenvalue weighted by Crippen LogP contribution is -2.11. The summed E-state index contributed by atoms with van der Waals surface area (Å²) in [5, 5.41) is 10.3. The normalized spacial score (nSPS) is 12.5. The Morgan fingerprint density at radius 1 is 1.29 bits per heavy atom. The molecule has 0 unspecified atom stereocenters. The molecule has 1 aromatic rings. The van der Waals surface area contributed by atoms with Crippen LogP contribution in [0.15, 0.2) is 23.1 Å². The molecule has 1 rings (SSSR count). The standard InChI is InChI=1S/C7H3ClF3NO4S/c8-17(15,16)6-3-4(12(13)14)1-2-5(6)7(9,10)11/h1-3H. The monoisotopic (exact) mass is 289 g/mol. The molecule has 0 radical (unpaired) electrons. The number of alkyl halides is 3. The topological polar surface area (TPSA) is 77.3 Å². The first kappa shape index (κ1) is 13.7. The molecular weight excluding hydrogens is 287 g/mol. The summed E-state index contributed by atoms with van der Waals surface area (Å²) in [7, 11) is 0.0712. The Morgan fingerprint density at radius 3 is 2.18 bits per heavy atom. The molecule has 0 aromatic heterocycles. The molecular formula is C7H3ClF3NO4S. The van der Waals surface area contributed by atoms with E-state index in [4.69, 9.17) is 10.7 Å². The quantitative estimate of drug-likeness (QED) is 0.476. The van der Waals surface area contributed by atoms with Gasteiger partial charge in [0, 0.05) is 22.8 Å². The number of rotatable bonds is 2. The van der Waals surface area contributed by atoms with Gasteiger partial charge in [-0.1, -0.05) is 0 Å². The minimum absolute atomic E-state index is 0.269. The minimum Gasteiger partial charge on any atom is -0.258 e. The zero-order chi connectivity index (χ0) is 13.4. The van der Waals surface area contributed by atoms with Crippen LogP contribution >= 0.6 is 10.7 Å². The lowest BCUT2D eigenvalue weighted by Gasteiger charge is -2.09. The summed E-state index contributed by atoms with van der Waals surface area (Å²) in [6.07, 6.45) is -4.97. The number of nitro benzene ring substituents is 1. The maximum atomic E-state index is 12.4. The van der Waals surface area contributed by atoms with Gasteiger partial charge in [-0.2, -0.15) is 13.2 Å². The van der Waals surface area contributed by atoms with Crippen molar-refractivity contribution < 1.29 is 26.5 Å². The van der Waals surface area contributed by atoms with E-state index in [2.05, 4.69) is 0 Å². The van der Waals surface area contributed by atoms with Crippen LogP contribution in [-0.2, 0) is 15.2 Å². The first-order chi connectivity index (χ1) is 7.53. The van der Waals surface area contributed by atoms with Crippen molar-refractivity contribution in [2.75, 3.05) is 0 Å². The zero-order valence-electron chi connectivity index (χ0n) is 7.73. The molecule has 0 bridgehead atoms. The summed E-state index contributed by atoms with van der Waals surface area (Å²) < 4.78 is 59.1. The van der Waals surface area contributed by atoms with Gasteiger partial charge in [-0.25, -0.2) is 8.42 Å². The minimum atomic E-state index is -4.97. The Kier molecular flexibility index (Phi) is 3.35. The van der Waals surface area contributed by atoms with E-state index in [9.17, 15) is 31.7 Å². The third kappa shape index (κ3) is 3.07. The summed E-state index contributed by atoms with van der Waals surface area (Å²) >= 11 is 0. The third-order valence-corrected chi connectivity index (χ3v) is 3.11.